The van der Waals surface area contributed by atoms with Crippen LogP contribution < -0.4 is 0 Å². The van der Waals surface area contributed by atoms with Crippen molar-refractivity contribution in [1.29, 1.82) is 0 Å². The van der Waals surface area contributed by atoms with Crippen molar-refractivity contribution >= 4 is 5.91 Å². The molecule has 1 aromatic heterocycles. The SMILES string of the molecule is Cc1ccc(CCN2C[C@@]3(CCOC3)CCC2=O)o1. The fraction of sp³-hybridized carbons (Fsp3) is 0.667. The van der Waals surface area contributed by atoms with Crippen LogP contribution >= 0.6 is 0 Å². The van der Waals surface area contributed by atoms with Crippen molar-refractivity contribution in [3.05, 3.63) is 23.7 Å². The van der Waals surface area contributed by atoms with Gasteiger partial charge in [0.15, 0.2) is 0 Å². The largest absolute Gasteiger partial charge is 0.466 e. The molecule has 0 N–H and O–H groups in total. The zero-order valence-electron chi connectivity index (χ0n) is 11.5. The Morgan fingerprint density at radius 2 is 2.26 bits per heavy atom. The van der Waals surface area contributed by atoms with Gasteiger partial charge in [-0.1, -0.05) is 0 Å². The third-order valence-corrected chi connectivity index (χ3v) is 4.36. The summed E-state index contributed by atoms with van der Waals surface area (Å²) in [5.74, 6) is 2.18. The van der Waals surface area contributed by atoms with Gasteiger partial charge in [-0.3, -0.25) is 4.79 Å². The molecule has 0 radical (unpaired) electrons. The van der Waals surface area contributed by atoms with Crippen molar-refractivity contribution in [3.63, 3.8) is 0 Å². The van der Waals surface area contributed by atoms with Crippen LogP contribution in [0.2, 0.25) is 0 Å². The summed E-state index contributed by atoms with van der Waals surface area (Å²) < 4.78 is 11.1. The number of nitrogens with zero attached hydrogens (tertiary/aromatic N) is 1. The highest BCUT2D eigenvalue weighted by atomic mass is 16.5. The molecule has 1 aromatic rings. The number of ether oxygens (including phenoxy) is 1. The summed E-state index contributed by atoms with van der Waals surface area (Å²) in [4.78, 5) is 14.0. The average Bonchev–Trinajstić information content (AvgIpc) is 3.01. The quantitative estimate of drug-likeness (QED) is 0.839. The maximum atomic E-state index is 12.0. The Kier molecular flexibility index (Phi) is 3.35. The number of hydrogen-bond donors (Lipinski definition) is 0. The molecule has 0 saturated carbocycles. The van der Waals surface area contributed by atoms with E-state index in [2.05, 4.69) is 0 Å². The fourth-order valence-corrected chi connectivity index (χ4v) is 3.14. The van der Waals surface area contributed by atoms with E-state index in [9.17, 15) is 4.79 Å². The van der Waals surface area contributed by atoms with Crippen molar-refractivity contribution in [1.82, 2.24) is 4.90 Å². The molecule has 0 aromatic carbocycles. The maximum absolute atomic E-state index is 12.0. The van der Waals surface area contributed by atoms with Crippen LogP contribution in [0.4, 0.5) is 0 Å². The maximum Gasteiger partial charge on any atom is 0.222 e. The second-order valence-electron chi connectivity index (χ2n) is 5.88. The molecule has 2 aliphatic rings. The number of piperidine rings is 1. The minimum absolute atomic E-state index is 0.229. The second-order valence-corrected chi connectivity index (χ2v) is 5.88. The van der Waals surface area contributed by atoms with E-state index in [4.69, 9.17) is 9.15 Å². The lowest BCUT2D eigenvalue weighted by Crippen LogP contribution is -2.47. The van der Waals surface area contributed by atoms with Gasteiger partial charge >= 0.3 is 0 Å². The van der Waals surface area contributed by atoms with Crippen molar-refractivity contribution < 1.29 is 13.9 Å². The molecule has 1 amide bonds. The highest BCUT2D eigenvalue weighted by Gasteiger charge is 2.41. The van der Waals surface area contributed by atoms with E-state index in [1.165, 1.54) is 0 Å². The summed E-state index contributed by atoms with van der Waals surface area (Å²) >= 11 is 0. The number of amides is 1. The van der Waals surface area contributed by atoms with Gasteiger partial charge in [0.05, 0.1) is 6.61 Å². The molecule has 19 heavy (non-hydrogen) atoms. The number of rotatable bonds is 3. The number of carbonyl (C=O) groups is 1. The Morgan fingerprint density at radius 1 is 1.37 bits per heavy atom. The molecular formula is C15H21NO3. The third-order valence-electron chi connectivity index (χ3n) is 4.36. The van der Waals surface area contributed by atoms with E-state index < -0.39 is 0 Å². The molecule has 3 rings (SSSR count). The molecule has 104 valence electrons. The zero-order chi connectivity index (χ0) is 13.3. The number of likely N-dealkylation sites (tertiary alicyclic amines) is 1. The van der Waals surface area contributed by atoms with Crippen molar-refractivity contribution in [3.8, 4) is 0 Å². The molecule has 0 aliphatic carbocycles. The van der Waals surface area contributed by atoms with Gasteiger partial charge in [-0.05, 0) is 31.9 Å². The zero-order valence-corrected chi connectivity index (χ0v) is 11.5. The molecule has 1 spiro atoms. The van der Waals surface area contributed by atoms with E-state index >= 15 is 0 Å². The Hall–Kier alpha value is -1.29. The number of carbonyl (C=O) groups excluding carboxylic acids is 1. The van der Waals surface area contributed by atoms with E-state index in [0.717, 1.165) is 57.1 Å². The Balaban J connectivity index is 1.60. The van der Waals surface area contributed by atoms with Gasteiger partial charge in [0.25, 0.3) is 0 Å². The van der Waals surface area contributed by atoms with Crippen LogP contribution in [-0.4, -0.2) is 37.1 Å². The van der Waals surface area contributed by atoms with E-state index in [1.54, 1.807) is 0 Å². The smallest absolute Gasteiger partial charge is 0.222 e. The first kappa shape index (κ1) is 12.7. The Bertz CT molecular complexity index is 460. The topological polar surface area (TPSA) is 42.7 Å². The average molecular weight is 263 g/mol. The number of aryl methyl sites for hydroxylation is 1. The van der Waals surface area contributed by atoms with Crippen LogP contribution in [0, 0.1) is 12.3 Å². The monoisotopic (exact) mass is 263 g/mol. The third kappa shape index (κ3) is 2.68. The van der Waals surface area contributed by atoms with Crippen molar-refractivity contribution in [2.45, 2.75) is 32.6 Å². The van der Waals surface area contributed by atoms with Crippen molar-refractivity contribution in [2.24, 2.45) is 5.41 Å². The van der Waals surface area contributed by atoms with Crippen LogP contribution in [0.25, 0.3) is 0 Å². The van der Waals surface area contributed by atoms with Gasteiger partial charge in [0.2, 0.25) is 5.91 Å². The lowest BCUT2D eigenvalue weighted by atomic mass is 9.79. The van der Waals surface area contributed by atoms with Crippen LogP contribution in [0.15, 0.2) is 16.5 Å². The normalized spacial score (nSPS) is 27.4. The lowest BCUT2D eigenvalue weighted by molar-refractivity contribution is -0.137. The molecule has 4 heteroatoms. The van der Waals surface area contributed by atoms with Crippen LogP contribution in [0.5, 0.6) is 0 Å². The van der Waals surface area contributed by atoms with Gasteiger partial charge in [-0.25, -0.2) is 0 Å². The second kappa shape index (κ2) is 5.00. The first-order valence-corrected chi connectivity index (χ1v) is 7.08. The highest BCUT2D eigenvalue weighted by molar-refractivity contribution is 5.77. The summed E-state index contributed by atoms with van der Waals surface area (Å²) in [5, 5.41) is 0. The van der Waals surface area contributed by atoms with Gasteiger partial charge in [0.1, 0.15) is 11.5 Å². The Morgan fingerprint density at radius 3 is 2.95 bits per heavy atom. The van der Waals surface area contributed by atoms with Crippen LogP contribution in [0.1, 0.15) is 30.8 Å². The summed E-state index contributed by atoms with van der Waals surface area (Å²) in [7, 11) is 0. The van der Waals surface area contributed by atoms with Crippen LogP contribution in [0.3, 0.4) is 0 Å². The standard InChI is InChI=1S/C15H21NO3/c1-12-2-3-13(19-12)5-8-16-10-15(6-4-14(16)17)7-9-18-11-15/h2-3H,4-11H2,1H3/t15-/m0/s1. The summed E-state index contributed by atoms with van der Waals surface area (Å²) in [6.45, 7) is 5.22. The highest BCUT2D eigenvalue weighted by Crippen LogP contribution is 2.38. The first-order chi connectivity index (χ1) is 9.17. The fourth-order valence-electron chi connectivity index (χ4n) is 3.14. The minimum atomic E-state index is 0.229. The molecule has 2 saturated heterocycles. The lowest BCUT2D eigenvalue weighted by Gasteiger charge is -2.39. The number of furan rings is 1. The molecule has 2 fully saturated rings. The molecule has 0 unspecified atom stereocenters. The van der Waals surface area contributed by atoms with Gasteiger partial charge < -0.3 is 14.1 Å². The molecule has 2 aliphatic heterocycles. The van der Waals surface area contributed by atoms with E-state index in [1.807, 2.05) is 24.0 Å². The molecule has 0 bridgehead atoms. The molecule has 4 nitrogen and oxygen atoms in total. The van der Waals surface area contributed by atoms with Gasteiger partial charge in [0, 0.05) is 38.0 Å². The molecule has 1 atom stereocenters. The summed E-state index contributed by atoms with van der Waals surface area (Å²) in [6.07, 6.45) is 3.55. The molecule has 3 heterocycles. The van der Waals surface area contributed by atoms with Crippen LogP contribution in [-0.2, 0) is 16.0 Å². The van der Waals surface area contributed by atoms with E-state index in [0.29, 0.717) is 6.42 Å². The number of hydrogen-bond acceptors (Lipinski definition) is 3. The van der Waals surface area contributed by atoms with E-state index in [-0.39, 0.29) is 11.3 Å². The Labute approximate surface area is 113 Å². The predicted molar refractivity (Wildman–Crippen MR) is 70.8 cm³/mol. The summed E-state index contributed by atoms with van der Waals surface area (Å²) in [6, 6.07) is 3.97. The first-order valence-electron chi connectivity index (χ1n) is 7.08. The molecular weight excluding hydrogens is 242 g/mol. The van der Waals surface area contributed by atoms with Crippen molar-refractivity contribution in [2.75, 3.05) is 26.3 Å². The van der Waals surface area contributed by atoms with Gasteiger partial charge in [-0.15, -0.1) is 0 Å². The minimum Gasteiger partial charge on any atom is -0.466 e. The predicted octanol–water partition coefficient (Wildman–Crippen LogP) is 2.16. The summed E-state index contributed by atoms with van der Waals surface area (Å²) in [5.41, 5.74) is 0.229. The van der Waals surface area contributed by atoms with Gasteiger partial charge in [-0.2, -0.15) is 0 Å².